The molecule has 0 aliphatic heterocycles. The highest BCUT2D eigenvalue weighted by atomic mass is 16.5. The zero-order chi connectivity index (χ0) is 21.2. The standard InChI is InChI=1S/C25H27NO4/c1-28-22-11-7-6-10-21(22)13-15-25(27)26-17-20-12-14-23(24(16-20)29-2)30-18-19-8-4-3-5-9-19/h3-12,14,16H,13,15,17-18H2,1-2H3,(H,26,27). The third-order valence-electron chi connectivity index (χ3n) is 4.77. The van der Waals surface area contributed by atoms with Crippen molar-refractivity contribution in [1.29, 1.82) is 0 Å². The van der Waals surface area contributed by atoms with Crippen LogP contribution >= 0.6 is 0 Å². The van der Waals surface area contributed by atoms with Gasteiger partial charge in [0.15, 0.2) is 11.5 Å². The number of benzene rings is 3. The third kappa shape index (κ3) is 6.01. The normalized spacial score (nSPS) is 10.3. The summed E-state index contributed by atoms with van der Waals surface area (Å²) in [6.07, 6.45) is 1.03. The molecule has 3 aromatic rings. The lowest BCUT2D eigenvalue weighted by atomic mass is 10.1. The molecule has 0 atom stereocenters. The molecule has 3 aromatic carbocycles. The predicted octanol–water partition coefficient (Wildman–Crippen LogP) is 4.53. The average Bonchev–Trinajstić information content (AvgIpc) is 2.81. The van der Waals surface area contributed by atoms with Gasteiger partial charge >= 0.3 is 0 Å². The number of nitrogens with one attached hydrogen (secondary N) is 1. The Morgan fingerprint density at radius 1 is 0.800 bits per heavy atom. The molecule has 0 aromatic heterocycles. The van der Waals surface area contributed by atoms with E-state index in [4.69, 9.17) is 14.2 Å². The lowest BCUT2D eigenvalue weighted by Gasteiger charge is -2.13. The molecule has 0 radical (unpaired) electrons. The molecule has 0 bridgehead atoms. The van der Waals surface area contributed by atoms with E-state index in [-0.39, 0.29) is 5.91 Å². The van der Waals surface area contributed by atoms with Crippen molar-refractivity contribution in [3.8, 4) is 17.2 Å². The quantitative estimate of drug-likeness (QED) is 0.538. The van der Waals surface area contributed by atoms with E-state index in [0.717, 1.165) is 22.4 Å². The minimum atomic E-state index is -0.00993. The van der Waals surface area contributed by atoms with Gasteiger partial charge in [-0.2, -0.15) is 0 Å². The highest BCUT2D eigenvalue weighted by Gasteiger charge is 2.09. The number of amides is 1. The van der Waals surface area contributed by atoms with Crippen molar-refractivity contribution in [2.45, 2.75) is 26.0 Å². The molecule has 3 rings (SSSR count). The summed E-state index contributed by atoms with van der Waals surface area (Å²) in [7, 11) is 3.25. The van der Waals surface area contributed by atoms with Crippen LogP contribution in [-0.4, -0.2) is 20.1 Å². The largest absolute Gasteiger partial charge is 0.496 e. The van der Waals surface area contributed by atoms with Crippen molar-refractivity contribution >= 4 is 5.91 Å². The fourth-order valence-corrected chi connectivity index (χ4v) is 3.12. The lowest BCUT2D eigenvalue weighted by Crippen LogP contribution is -2.23. The first-order valence-corrected chi connectivity index (χ1v) is 9.92. The van der Waals surface area contributed by atoms with Crippen LogP contribution in [-0.2, 0) is 24.4 Å². The molecular weight excluding hydrogens is 378 g/mol. The van der Waals surface area contributed by atoms with E-state index in [1.165, 1.54) is 0 Å². The number of methoxy groups -OCH3 is 2. The van der Waals surface area contributed by atoms with Crippen LogP contribution in [0.15, 0.2) is 72.8 Å². The maximum atomic E-state index is 12.3. The zero-order valence-electron chi connectivity index (χ0n) is 17.4. The Morgan fingerprint density at radius 3 is 2.30 bits per heavy atom. The van der Waals surface area contributed by atoms with Gasteiger partial charge in [-0.3, -0.25) is 4.79 Å². The number of ether oxygens (including phenoxy) is 3. The van der Waals surface area contributed by atoms with Crippen LogP contribution in [0.1, 0.15) is 23.1 Å². The van der Waals surface area contributed by atoms with E-state index in [0.29, 0.717) is 37.5 Å². The van der Waals surface area contributed by atoms with E-state index >= 15 is 0 Å². The molecule has 30 heavy (non-hydrogen) atoms. The lowest BCUT2D eigenvalue weighted by molar-refractivity contribution is -0.121. The second-order valence-electron chi connectivity index (χ2n) is 6.85. The molecule has 1 amide bonds. The fourth-order valence-electron chi connectivity index (χ4n) is 3.12. The summed E-state index contributed by atoms with van der Waals surface area (Å²) in [5.41, 5.74) is 3.06. The van der Waals surface area contributed by atoms with Crippen molar-refractivity contribution in [1.82, 2.24) is 5.32 Å². The Kier molecular flexibility index (Phi) is 7.72. The van der Waals surface area contributed by atoms with Crippen LogP contribution in [0.2, 0.25) is 0 Å². The van der Waals surface area contributed by atoms with Gasteiger partial charge in [-0.15, -0.1) is 0 Å². The van der Waals surface area contributed by atoms with Gasteiger partial charge in [-0.1, -0.05) is 54.6 Å². The topological polar surface area (TPSA) is 56.8 Å². The molecular formula is C25H27NO4. The summed E-state index contributed by atoms with van der Waals surface area (Å²) in [6, 6.07) is 23.4. The second kappa shape index (κ2) is 10.9. The van der Waals surface area contributed by atoms with Gasteiger partial charge in [0, 0.05) is 13.0 Å². The molecule has 1 N–H and O–H groups in total. The van der Waals surface area contributed by atoms with Gasteiger partial charge in [0.1, 0.15) is 12.4 Å². The number of hydrogen-bond acceptors (Lipinski definition) is 4. The highest BCUT2D eigenvalue weighted by Crippen LogP contribution is 2.29. The highest BCUT2D eigenvalue weighted by molar-refractivity contribution is 5.76. The van der Waals surface area contributed by atoms with Crippen molar-refractivity contribution < 1.29 is 19.0 Å². The molecule has 0 saturated carbocycles. The maximum absolute atomic E-state index is 12.3. The Balaban J connectivity index is 1.51. The number of carbonyl (C=O) groups is 1. The molecule has 0 unspecified atom stereocenters. The molecule has 156 valence electrons. The third-order valence-corrected chi connectivity index (χ3v) is 4.77. The maximum Gasteiger partial charge on any atom is 0.220 e. The first kappa shape index (κ1) is 21.2. The van der Waals surface area contributed by atoms with Crippen LogP contribution < -0.4 is 19.5 Å². The predicted molar refractivity (Wildman–Crippen MR) is 117 cm³/mol. The van der Waals surface area contributed by atoms with Gasteiger partial charge in [0.2, 0.25) is 5.91 Å². The number of aryl methyl sites for hydroxylation is 1. The van der Waals surface area contributed by atoms with Crippen molar-refractivity contribution in [3.63, 3.8) is 0 Å². The van der Waals surface area contributed by atoms with Gasteiger partial charge in [-0.25, -0.2) is 0 Å². The van der Waals surface area contributed by atoms with E-state index < -0.39 is 0 Å². The Hall–Kier alpha value is -3.47. The minimum absolute atomic E-state index is 0.00993. The monoisotopic (exact) mass is 405 g/mol. The zero-order valence-corrected chi connectivity index (χ0v) is 17.4. The molecule has 5 heteroatoms. The first-order valence-electron chi connectivity index (χ1n) is 9.92. The van der Waals surface area contributed by atoms with Crippen LogP contribution in [0, 0.1) is 0 Å². The van der Waals surface area contributed by atoms with Crippen LogP contribution in [0.4, 0.5) is 0 Å². The summed E-state index contributed by atoms with van der Waals surface area (Å²) in [5, 5.41) is 2.96. The molecule has 0 aliphatic rings. The summed E-state index contributed by atoms with van der Waals surface area (Å²) < 4.78 is 16.7. The molecule has 0 spiro atoms. The average molecular weight is 405 g/mol. The molecule has 0 aliphatic carbocycles. The number of rotatable bonds is 10. The number of hydrogen-bond donors (Lipinski definition) is 1. The fraction of sp³-hybridized carbons (Fsp3) is 0.240. The van der Waals surface area contributed by atoms with Crippen LogP contribution in [0.5, 0.6) is 17.2 Å². The van der Waals surface area contributed by atoms with Gasteiger partial charge < -0.3 is 19.5 Å². The number of carbonyl (C=O) groups excluding carboxylic acids is 1. The Labute approximate surface area is 177 Å². The molecule has 0 heterocycles. The second-order valence-corrected chi connectivity index (χ2v) is 6.85. The SMILES string of the molecule is COc1ccccc1CCC(=O)NCc1ccc(OCc2ccccc2)c(OC)c1. The molecule has 0 saturated heterocycles. The van der Waals surface area contributed by atoms with E-state index in [9.17, 15) is 4.79 Å². The smallest absolute Gasteiger partial charge is 0.220 e. The van der Waals surface area contributed by atoms with Crippen molar-refractivity contribution in [3.05, 3.63) is 89.5 Å². The summed E-state index contributed by atoms with van der Waals surface area (Å²) in [4.78, 5) is 12.3. The minimum Gasteiger partial charge on any atom is -0.496 e. The van der Waals surface area contributed by atoms with Crippen LogP contribution in [0.25, 0.3) is 0 Å². The van der Waals surface area contributed by atoms with Crippen molar-refractivity contribution in [2.75, 3.05) is 14.2 Å². The summed E-state index contributed by atoms with van der Waals surface area (Å²) >= 11 is 0. The summed E-state index contributed by atoms with van der Waals surface area (Å²) in [5.74, 6) is 2.12. The Morgan fingerprint density at radius 2 is 1.53 bits per heavy atom. The van der Waals surface area contributed by atoms with Gasteiger partial charge in [0.05, 0.1) is 14.2 Å². The van der Waals surface area contributed by atoms with Crippen molar-refractivity contribution in [2.24, 2.45) is 0 Å². The van der Waals surface area contributed by atoms with E-state index in [2.05, 4.69) is 5.32 Å². The summed E-state index contributed by atoms with van der Waals surface area (Å²) in [6.45, 7) is 0.899. The van der Waals surface area contributed by atoms with Gasteiger partial charge in [0.25, 0.3) is 0 Å². The van der Waals surface area contributed by atoms with Gasteiger partial charge in [-0.05, 0) is 41.3 Å². The number of para-hydroxylation sites is 1. The Bertz CT molecular complexity index is 956. The van der Waals surface area contributed by atoms with Crippen LogP contribution in [0.3, 0.4) is 0 Å². The van der Waals surface area contributed by atoms with E-state index in [1.807, 2.05) is 72.8 Å². The van der Waals surface area contributed by atoms with E-state index in [1.54, 1.807) is 14.2 Å². The molecule has 5 nitrogen and oxygen atoms in total. The molecule has 0 fully saturated rings. The first-order chi connectivity index (χ1) is 14.7.